The largest absolute Gasteiger partial charge is 0.300 e. The Morgan fingerprint density at radius 1 is 1.00 bits per heavy atom. The minimum absolute atomic E-state index is 0.630. The maximum atomic E-state index is 5.31. The summed E-state index contributed by atoms with van der Waals surface area (Å²) < 4.78 is 2.64. The van der Waals surface area contributed by atoms with Crippen LogP contribution in [0.3, 0.4) is 0 Å². The Morgan fingerprint density at radius 3 is 2.35 bits per heavy atom. The summed E-state index contributed by atoms with van der Waals surface area (Å²) in [5, 5.41) is 7.16. The lowest BCUT2D eigenvalue weighted by Crippen LogP contribution is -2.04. The summed E-state index contributed by atoms with van der Waals surface area (Å²) in [5.74, 6) is 0.839. The first-order valence-corrected chi connectivity index (χ1v) is 6.70. The summed E-state index contributed by atoms with van der Waals surface area (Å²) in [4.78, 5) is 8.04. The number of nitrogens with zero attached hydrogens (tertiary/aromatic N) is 4. The summed E-state index contributed by atoms with van der Waals surface area (Å²) in [6.45, 7) is 0.775. The van der Waals surface area contributed by atoms with Gasteiger partial charge in [-0.2, -0.15) is 5.10 Å². The fourth-order valence-corrected chi connectivity index (χ4v) is 2.26. The van der Waals surface area contributed by atoms with Crippen molar-refractivity contribution in [2.75, 3.05) is 0 Å². The maximum absolute atomic E-state index is 5.31. The summed E-state index contributed by atoms with van der Waals surface area (Å²) in [6, 6.07) is 7.87. The number of nitrogens with one attached hydrogen (secondary N) is 1. The van der Waals surface area contributed by atoms with Gasteiger partial charge in [0.05, 0.1) is 0 Å². The number of aromatic amines is 1. The molecule has 0 aliphatic carbocycles. The Balaban J connectivity index is 1.87. The highest BCUT2D eigenvalue weighted by Crippen LogP contribution is 2.16. The topological polar surface area (TPSA) is 59.4 Å². The van der Waals surface area contributed by atoms with Crippen LogP contribution in [0.15, 0.2) is 49.1 Å². The van der Waals surface area contributed by atoms with E-state index in [1.165, 1.54) is 5.56 Å². The normalized spacial score (nSPS) is 10.6. The highest BCUT2D eigenvalue weighted by atomic mass is 32.1. The van der Waals surface area contributed by atoms with Crippen LogP contribution in [0.1, 0.15) is 5.56 Å². The van der Waals surface area contributed by atoms with E-state index < -0.39 is 0 Å². The molecule has 5 nitrogen and oxygen atoms in total. The first-order chi connectivity index (χ1) is 9.84. The van der Waals surface area contributed by atoms with Gasteiger partial charge in [-0.25, -0.2) is 0 Å². The standard InChI is InChI=1S/C14H13N5S/c20-14-18-17-13(12-3-8-16-9-4-12)19(14)10-5-11-1-6-15-7-2-11/h1-4,6-9H,5,10H2,(H,18,20). The van der Waals surface area contributed by atoms with Crippen LogP contribution >= 0.6 is 12.2 Å². The van der Waals surface area contributed by atoms with Gasteiger partial charge in [-0.1, -0.05) is 0 Å². The molecule has 3 aromatic heterocycles. The maximum Gasteiger partial charge on any atom is 0.195 e. The number of pyridine rings is 2. The predicted octanol–water partition coefficient (Wildman–Crippen LogP) is 2.64. The minimum Gasteiger partial charge on any atom is -0.300 e. The molecular formula is C14H13N5S. The smallest absolute Gasteiger partial charge is 0.195 e. The van der Waals surface area contributed by atoms with Crippen molar-refractivity contribution in [2.24, 2.45) is 0 Å². The lowest BCUT2D eigenvalue weighted by atomic mass is 10.2. The molecule has 20 heavy (non-hydrogen) atoms. The summed E-state index contributed by atoms with van der Waals surface area (Å²) in [6.07, 6.45) is 7.98. The lowest BCUT2D eigenvalue weighted by Gasteiger charge is -2.06. The lowest BCUT2D eigenvalue weighted by molar-refractivity contribution is 0.691. The van der Waals surface area contributed by atoms with Gasteiger partial charge < -0.3 is 0 Å². The Kier molecular flexibility index (Phi) is 3.64. The molecule has 6 heteroatoms. The molecule has 3 rings (SSSR count). The molecule has 0 aliphatic heterocycles. The van der Waals surface area contributed by atoms with E-state index in [1.54, 1.807) is 24.8 Å². The van der Waals surface area contributed by atoms with Crippen LogP contribution < -0.4 is 0 Å². The SMILES string of the molecule is S=c1[nH]nc(-c2ccncc2)n1CCc1ccncc1. The van der Waals surface area contributed by atoms with Crippen molar-refractivity contribution in [3.8, 4) is 11.4 Å². The first-order valence-electron chi connectivity index (χ1n) is 6.29. The molecule has 3 aromatic rings. The Hall–Kier alpha value is -2.34. The average Bonchev–Trinajstić information content (AvgIpc) is 2.88. The van der Waals surface area contributed by atoms with E-state index in [-0.39, 0.29) is 0 Å². The molecule has 0 saturated carbocycles. The van der Waals surface area contributed by atoms with Crippen molar-refractivity contribution in [2.45, 2.75) is 13.0 Å². The second-order valence-electron chi connectivity index (χ2n) is 4.35. The monoisotopic (exact) mass is 283 g/mol. The third-order valence-electron chi connectivity index (χ3n) is 3.07. The minimum atomic E-state index is 0.630. The molecule has 0 unspecified atom stereocenters. The van der Waals surface area contributed by atoms with Gasteiger partial charge in [0.15, 0.2) is 10.6 Å². The number of H-pyrrole nitrogens is 1. The van der Waals surface area contributed by atoms with E-state index in [0.29, 0.717) is 4.77 Å². The molecular weight excluding hydrogens is 270 g/mol. The van der Waals surface area contributed by atoms with Gasteiger partial charge in [-0.05, 0) is 48.5 Å². The van der Waals surface area contributed by atoms with Gasteiger partial charge in [-0.15, -0.1) is 0 Å². The van der Waals surface area contributed by atoms with Gasteiger partial charge in [0, 0.05) is 36.9 Å². The molecule has 0 fully saturated rings. The first kappa shape index (κ1) is 12.7. The quantitative estimate of drug-likeness (QED) is 0.748. The molecule has 0 bridgehead atoms. The van der Waals surface area contributed by atoms with E-state index >= 15 is 0 Å². The molecule has 0 spiro atoms. The zero-order valence-electron chi connectivity index (χ0n) is 10.7. The van der Waals surface area contributed by atoms with Crippen LogP contribution in [-0.4, -0.2) is 24.7 Å². The summed E-state index contributed by atoms with van der Waals surface area (Å²) in [7, 11) is 0. The second-order valence-corrected chi connectivity index (χ2v) is 4.73. The molecule has 3 heterocycles. The third kappa shape index (κ3) is 2.65. The van der Waals surface area contributed by atoms with Gasteiger partial charge in [0.2, 0.25) is 0 Å². The fraction of sp³-hybridized carbons (Fsp3) is 0.143. The van der Waals surface area contributed by atoms with Gasteiger partial charge in [0.1, 0.15) is 0 Å². The molecule has 0 amide bonds. The van der Waals surface area contributed by atoms with E-state index in [4.69, 9.17) is 12.2 Å². The van der Waals surface area contributed by atoms with E-state index in [0.717, 1.165) is 24.4 Å². The number of rotatable bonds is 4. The Bertz CT molecular complexity index is 733. The number of hydrogen-bond donors (Lipinski definition) is 1. The highest BCUT2D eigenvalue weighted by Gasteiger charge is 2.08. The van der Waals surface area contributed by atoms with Gasteiger partial charge in [0.25, 0.3) is 0 Å². The van der Waals surface area contributed by atoms with Crippen molar-refractivity contribution in [3.63, 3.8) is 0 Å². The zero-order chi connectivity index (χ0) is 13.8. The molecule has 0 radical (unpaired) electrons. The van der Waals surface area contributed by atoms with Crippen LogP contribution in [0.2, 0.25) is 0 Å². The van der Waals surface area contributed by atoms with Crippen LogP contribution in [0.5, 0.6) is 0 Å². The van der Waals surface area contributed by atoms with Gasteiger partial charge in [-0.3, -0.25) is 19.6 Å². The molecule has 0 aliphatic rings. The van der Waals surface area contributed by atoms with Crippen LogP contribution in [0.25, 0.3) is 11.4 Å². The average molecular weight is 283 g/mol. The highest BCUT2D eigenvalue weighted by molar-refractivity contribution is 7.71. The predicted molar refractivity (Wildman–Crippen MR) is 78.6 cm³/mol. The van der Waals surface area contributed by atoms with Crippen LogP contribution in [-0.2, 0) is 13.0 Å². The van der Waals surface area contributed by atoms with Crippen molar-refractivity contribution < 1.29 is 0 Å². The molecule has 0 saturated heterocycles. The zero-order valence-corrected chi connectivity index (χ0v) is 11.5. The van der Waals surface area contributed by atoms with Crippen molar-refractivity contribution in [3.05, 3.63) is 59.4 Å². The van der Waals surface area contributed by atoms with E-state index in [9.17, 15) is 0 Å². The third-order valence-corrected chi connectivity index (χ3v) is 3.38. The molecule has 0 aromatic carbocycles. The Morgan fingerprint density at radius 2 is 1.65 bits per heavy atom. The number of aryl methyl sites for hydroxylation is 1. The van der Waals surface area contributed by atoms with Crippen LogP contribution in [0, 0.1) is 4.77 Å². The molecule has 0 atom stereocenters. The van der Waals surface area contributed by atoms with Gasteiger partial charge >= 0.3 is 0 Å². The van der Waals surface area contributed by atoms with Crippen molar-refractivity contribution in [1.29, 1.82) is 0 Å². The number of aromatic nitrogens is 5. The number of hydrogen-bond acceptors (Lipinski definition) is 4. The summed E-state index contributed by atoms with van der Waals surface area (Å²) in [5.41, 5.74) is 2.23. The molecule has 1 N–H and O–H groups in total. The Labute approximate surface area is 121 Å². The summed E-state index contributed by atoms with van der Waals surface area (Å²) >= 11 is 5.31. The molecule has 100 valence electrons. The van der Waals surface area contributed by atoms with Crippen molar-refractivity contribution >= 4 is 12.2 Å². The van der Waals surface area contributed by atoms with Crippen molar-refractivity contribution in [1.82, 2.24) is 24.7 Å². The second kappa shape index (κ2) is 5.75. The van der Waals surface area contributed by atoms with Crippen LogP contribution in [0.4, 0.5) is 0 Å². The van der Waals surface area contributed by atoms with E-state index in [1.807, 2.05) is 28.8 Å². The fourth-order valence-electron chi connectivity index (χ4n) is 2.04. The van der Waals surface area contributed by atoms with E-state index in [2.05, 4.69) is 20.2 Å².